The number of aromatic nitrogens is 3. The van der Waals surface area contributed by atoms with Crippen LogP contribution < -0.4 is 11.1 Å². The molecule has 0 spiro atoms. The van der Waals surface area contributed by atoms with E-state index in [1.54, 1.807) is 0 Å². The van der Waals surface area contributed by atoms with Crippen LogP contribution in [0.15, 0.2) is 24.3 Å². The van der Waals surface area contributed by atoms with E-state index < -0.39 is 95.6 Å². The van der Waals surface area contributed by atoms with Crippen molar-refractivity contribution < 1.29 is 49.1 Å². The van der Waals surface area contributed by atoms with E-state index >= 15 is 0 Å². The van der Waals surface area contributed by atoms with Crippen molar-refractivity contribution in [3.63, 3.8) is 0 Å². The number of amides is 2. The van der Waals surface area contributed by atoms with E-state index in [4.69, 9.17) is 5.73 Å². The van der Waals surface area contributed by atoms with E-state index in [9.17, 15) is 49.1 Å². The van der Waals surface area contributed by atoms with Gasteiger partial charge in [0.15, 0.2) is 29.1 Å². The first kappa shape index (κ1) is 31.8. The highest BCUT2D eigenvalue weighted by Crippen LogP contribution is 2.29. The molecule has 2 heterocycles. The molecule has 1 unspecified atom stereocenters. The third kappa shape index (κ3) is 7.63. The van der Waals surface area contributed by atoms with Crippen LogP contribution in [0.3, 0.4) is 0 Å². The van der Waals surface area contributed by atoms with Crippen LogP contribution in [0.25, 0.3) is 0 Å². The quantitative estimate of drug-likeness (QED) is 0.281. The summed E-state index contributed by atoms with van der Waals surface area (Å²) in [4.78, 5) is 27.0. The van der Waals surface area contributed by atoms with E-state index in [2.05, 4.69) is 15.5 Å². The van der Waals surface area contributed by atoms with Crippen LogP contribution in [0.5, 0.6) is 0 Å². The summed E-state index contributed by atoms with van der Waals surface area (Å²) in [6, 6.07) is -0.611. The minimum atomic E-state index is -4.77. The molecule has 17 heteroatoms. The molecular formula is C26H23F9N6O2. The highest BCUT2D eigenvalue weighted by molar-refractivity contribution is 5.80. The lowest BCUT2D eigenvalue weighted by atomic mass is 10.00. The Morgan fingerprint density at radius 2 is 1.37 bits per heavy atom. The van der Waals surface area contributed by atoms with Gasteiger partial charge in [0.05, 0.1) is 6.54 Å². The fourth-order valence-electron chi connectivity index (χ4n) is 4.68. The van der Waals surface area contributed by atoms with Gasteiger partial charge in [-0.25, -0.2) is 26.3 Å². The lowest BCUT2D eigenvalue weighted by molar-refractivity contribution is -0.148. The Morgan fingerprint density at radius 1 is 0.814 bits per heavy atom. The fraction of sp³-hybridized carbons (Fsp3) is 0.385. The number of rotatable bonds is 9. The molecule has 2 atom stereocenters. The van der Waals surface area contributed by atoms with Gasteiger partial charge in [-0.2, -0.15) is 13.2 Å². The van der Waals surface area contributed by atoms with Crippen LogP contribution >= 0.6 is 0 Å². The van der Waals surface area contributed by atoms with Gasteiger partial charge in [0, 0.05) is 50.1 Å². The van der Waals surface area contributed by atoms with Gasteiger partial charge < -0.3 is 20.5 Å². The molecule has 3 aromatic rings. The topological polar surface area (TPSA) is 106 Å². The zero-order chi connectivity index (χ0) is 31.6. The maximum atomic E-state index is 14.4. The zero-order valence-electron chi connectivity index (χ0n) is 22.0. The Morgan fingerprint density at radius 3 is 1.95 bits per heavy atom. The van der Waals surface area contributed by atoms with Gasteiger partial charge in [0.2, 0.25) is 17.6 Å². The SMILES string of the molecule is NC(CC(=O)N[C@@H](CC(=O)N1CCn2c(nnc2C(F)(F)F)C1)Cc1cc(F)c(F)cc1F)Cc1cc(F)c(F)cc1F. The van der Waals surface area contributed by atoms with Crippen LogP contribution in [0.2, 0.25) is 0 Å². The van der Waals surface area contributed by atoms with Crippen molar-refractivity contribution in [2.75, 3.05) is 6.54 Å². The number of hydrogen-bond acceptors (Lipinski definition) is 5. The molecule has 0 saturated heterocycles. The Kier molecular flexibility index (Phi) is 9.32. The number of halogens is 9. The number of hydrogen-bond donors (Lipinski definition) is 2. The number of nitrogens with one attached hydrogen (secondary N) is 1. The van der Waals surface area contributed by atoms with Gasteiger partial charge in [-0.3, -0.25) is 9.59 Å². The Balaban J connectivity index is 1.47. The van der Waals surface area contributed by atoms with Crippen LogP contribution in [0.4, 0.5) is 39.5 Å². The molecule has 0 fully saturated rings. The highest BCUT2D eigenvalue weighted by atomic mass is 19.4. The molecule has 3 N–H and O–H groups in total. The number of nitrogens with two attached hydrogens (primary N) is 1. The summed E-state index contributed by atoms with van der Waals surface area (Å²) in [7, 11) is 0. The lowest BCUT2D eigenvalue weighted by Gasteiger charge is -2.30. The van der Waals surface area contributed by atoms with Gasteiger partial charge in [0.1, 0.15) is 11.6 Å². The third-order valence-electron chi connectivity index (χ3n) is 6.72. The first-order valence-electron chi connectivity index (χ1n) is 12.7. The predicted octanol–water partition coefficient (Wildman–Crippen LogP) is 3.55. The molecule has 1 aromatic heterocycles. The second-order valence-electron chi connectivity index (χ2n) is 9.96. The van der Waals surface area contributed by atoms with E-state index in [-0.39, 0.29) is 43.5 Å². The largest absolute Gasteiger partial charge is 0.451 e. The van der Waals surface area contributed by atoms with Crippen LogP contribution in [-0.4, -0.2) is 50.1 Å². The molecule has 0 saturated carbocycles. The number of carbonyl (C=O) groups excluding carboxylic acids is 2. The van der Waals surface area contributed by atoms with Gasteiger partial charge in [-0.05, 0) is 36.1 Å². The molecule has 0 bridgehead atoms. The second-order valence-corrected chi connectivity index (χ2v) is 9.96. The maximum absolute atomic E-state index is 14.4. The summed E-state index contributed by atoms with van der Waals surface area (Å²) < 4.78 is 123. The molecule has 1 aliphatic heterocycles. The van der Waals surface area contributed by atoms with E-state index in [0.717, 1.165) is 9.47 Å². The lowest BCUT2D eigenvalue weighted by Crippen LogP contribution is -2.45. The maximum Gasteiger partial charge on any atom is 0.451 e. The summed E-state index contributed by atoms with van der Waals surface area (Å²) in [6.45, 7) is -0.822. The van der Waals surface area contributed by atoms with Crippen molar-refractivity contribution in [2.24, 2.45) is 5.73 Å². The summed E-state index contributed by atoms with van der Waals surface area (Å²) in [5.41, 5.74) is 5.19. The summed E-state index contributed by atoms with van der Waals surface area (Å²) in [6.07, 6.45) is -6.71. The number of carbonyl (C=O) groups is 2. The van der Waals surface area contributed by atoms with Crippen molar-refractivity contribution in [1.82, 2.24) is 25.0 Å². The second kappa shape index (κ2) is 12.6. The molecule has 4 rings (SSSR count). The Hall–Kier alpha value is -4.15. The van der Waals surface area contributed by atoms with Gasteiger partial charge in [-0.15, -0.1) is 10.2 Å². The smallest absolute Gasteiger partial charge is 0.352 e. The molecule has 8 nitrogen and oxygen atoms in total. The van der Waals surface area contributed by atoms with E-state index in [0.29, 0.717) is 18.2 Å². The van der Waals surface area contributed by atoms with Crippen molar-refractivity contribution >= 4 is 11.8 Å². The van der Waals surface area contributed by atoms with Gasteiger partial charge >= 0.3 is 6.18 Å². The average molecular weight is 622 g/mol. The molecule has 0 aliphatic carbocycles. The molecule has 0 radical (unpaired) electrons. The van der Waals surface area contributed by atoms with Gasteiger partial charge in [0.25, 0.3) is 0 Å². The number of fused-ring (bicyclic) bond motifs is 1. The van der Waals surface area contributed by atoms with Crippen molar-refractivity contribution in [1.29, 1.82) is 0 Å². The summed E-state index contributed by atoms with van der Waals surface area (Å²) in [5, 5.41) is 9.04. The molecule has 1 aliphatic rings. The number of alkyl halides is 3. The zero-order valence-corrected chi connectivity index (χ0v) is 22.0. The fourth-order valence-corrected chi connectivity index (χ4v) is 4.68. The highest BCUT2D eigenvalue weighted by Gasteiger charge is 2.40. The van der Waals surface area contributed by atoms with Crippen LogP contribution in [0, 0.1) is 34.9 Å². The molecule has 2 amide bonds. The van der Waals surface area contributed by atoms with Crippen molar-refractivity contribution in [3.8, 4) is 0 Å². The number of nitrogens with zero attached hydrogens (tertiary/aromatic N) is 4. The van der Waals surface area contributed by atoms with E-state index in [1.807, 2.05) is 0 Å². The van der Waals surface area contributed by atoms with Crippen molar-refractivity contribution in [2.45, 2.75) is 57.0 Å². The predicted molar refractivity (Wildman–Crippen MR) is 130 cm³/mol. The minimum absolute atomic E-state index is 0.144. The molecule has 2 aromatic carbocycles. The van der Waals surface area contributed by atoms with Gasteiger partial charge in [-0.1, -0.05) is 0 Å². The summed E-state index contributed by atoms with van der Waals surface area (Å²) >= 11 is 0. The molecule has 43 heavy (non-hydrogen) atoms. The number of benzene rings is 2. The van der Waals surface area contributed by atoms with Crippen LogP contribution in [-0.2, 0) is 41.7 Å². The minimum Gasteiger partial charge on any atom is -0.352 e. The first-order valence-corrected chi connectivity index (χ1v) is 12.7. The normalized spacial score (nSPS) is 14.8. The monoisotopic (exact) mass is 622 g/mol. The third-order valence-corrected chi connectivity index (χ3v) is 6.72. The molecular weight excluding hydrogens is 599 g/mol. The van der Waals surface area contributed by atoms with E-state index in [1.165, 1.54) is 0 Å². The molecule has 232 valence electrons. The Bertz CT molecular complexity index is 1530. The van der Waals surface area contributed by atoms with Crippen LogP contribution in [0.1, 0.15) is 35.6 Å². The first-order chi connectivity index (χ1) is 20.1. The average Bonchev–Trinajstić information content (AvgIpc) is 3.34. The Labute approximate surface area is 237 Å². The van der Waals surface area contributed by atoms with Crippen molar-refractivity contribution in [3.05, 3.63) is 81.9 Å². The standard InChI is InChI=1S/C26H23F9N6O2/c27-16-9-20(31)18(29)5-12(16)3-14(36)7-23(42)37-15(4-13-6-19(30)21(32)10-17(13)28)8-24(43)40-1-2-41-22(11-40)38-39-25(41)26(33,34)35/h5-6,9-10,14-15H,1-4,7-8,11,36H2,(H,37,42)/t14?,15-/m1/s1. The summed E-state index contributed by atoms with van der Waals surface area (Å²) in [5.74, 6) is -10.8.